The third-order valence-electron chi connectivity index (χ3n) is 5.69. The molecule has 2 heterocycles. The summed E-state index contributed by atoms with van der Waals surface area (Å²) in [6.45, 7) is 11.9. The molecule has 3 N–H and O–H groups in total. The first-order valence-corrected chi connectivity index (χ1v) is 10.6. The summed E-state index contributed by atoms with van der Waals surface area (Å²) in [6.07, 6.45) is 0.480. The number of hydrogen-bond donors (Lipinski definition) is 3. The van der Waals surface area contributed by atoms with Gasteiger partial charge in [0.2, 0.25) is 5.95 Å². The molecule has 0 radical (unpaired) electrons. The van der Waals surface area contributed by atoms with Crippen LogP contribution >= 0.6 is 0 Å². The van der Waals surface area contributed by atoms with Crippen molar-refractivity contribution in [3.63, 3.8) is 0 Å². The van der Waals surface area contributed by atoms with E-state index in [1.165, 1.54) is 11.1 Å². The molecule has 29 heavy (non-hydrogen) atoms. The van der Waals surface area contributed by atoms with Crippen molar-refractivity contribution in [1.29, 1.82) is 0 Å². The Morgan fingerprint density at radius 3 is 2.45 bits per heavy atom. The van der Waals surface area contributed by atoms with Crippen molar-refractivity contribution >= 4 is 11.8 Å². The zero-order valence-electron chi connectivity index (χ0n) is 18.2. The van der Waals surface area contributed by atoms with E-state index in [-0.39, 0.29) is 24.5 Å². The highest BCUT2D eigenvalue weighted by atomic mass is 16.3. The van der Waals surface area contributed by atoms with Crippen LogP contribution in [0, 0.1) is 5.92 Å². The molecule has 0 aliphatic carbocycles. The first-order chi connectivity index (χ1) is 13.8. The minimum absolute atomic E-state index is 0.0466. The molecule has 0 saturated heterocycles. The Kier molecular flexibility index (Phi) is 6.75. The van der Waals surface area contributed by atoms with Gasteiger partial charge in [-0.2, -0.15) is 4.98 Å². The molecule has 0 spiro atoms. The molecule has 1 aliphatic rings. The van der Waals surface area contributed by atoms with Gasteiger partial charge in [0.25, 0.3) is 0 Å². The lowest BCUT2D eigenvalue weighted by molar-refractivity contribution is 0.199. The van der Waals surface area contributed by atoms with Crippen molar-refractivity contribution in [2.75, 3.05) is 23.4 Å². The average Bonchev–Trinajstić information content (AvgIpc) is 2.70. The van der Waals surface area contributed by atoms with E-state index >= 15 is 0 Å². The van der Waals surface area contributed by atoms with Crippen LogP contribution in [0.2, 0.25) is 0 Å². The highest BCUT2D eigenvalue weighted by Crippen LogP contribution is 2.28. The summed E-state index contributed by atoms with van der Waals surface area (Å²) in [4.78, 5) is 11.8. The lowest BCUT2D eigenvalue weighted by Crippen LogP contribution is -2.33. The van der Waals surface area contributed by atoms with E-state index in [4.69, 9.17) is 4.98 Å². The second-order valence-electron chi connectivity index (χ2n) is 8.68. The Labute approximate surface area is 174 Å². The number of benzene rings is 1. The van der Waals surface area contributed by atoms with Gasteiger partial charge >= 0.3 is 0 Å². The summed E-state index contributed by atoms with van der Waals surface area (Å²) in [7, 11) is 0. The van der Waals surface area contributed by atoms with Gasteiger partial charge in [-0.25, -0.2) is 4.98 Å². The normalized spacial score (nSPS) is 16.1. The summed E-state index contributed by atoms with van der Waals surface area (Å²) >= 11 is 0. The molecule has 0 fully saturated rings. The Morgan fingerprint density at radius 1 is 1.07 bits per heavy atom. The Balaban J connectivity index is 1.88. The SMILES string of the molecule is CC(C)c1cc(N2CCc3cc([C@H](C)O)ccc3C2)nc(N[C@H](CO)C(C)C)n1. The van der Waals surface area contributed by atoms with Crippen LogP contribution in [0.3, 0.4) is 0 Å². The molecule has 0 amide bonds. The summed E-state index contributed by atoms with van der Waals surface area (Å²) in [5.41, 5.74) is 4.54. The Hall–Kier alpha value is -2.18. The van der Waals surface area contributed by atoms with Crippen LogP contribution in [0.1, 0.15) is 69.0 Å². The molecular weight excluding hydrogens is 364 g/mol. The zero-order valence-corrected chi connectivity index (χ0v) is 18.2. The van der Waals surface area contributed by atoms with Crippen molar-refractivity contribution in [3.05, 3.63) is 46.6 Å². The second-order valence-corrected chi connectivity index (χ2v) is 8.68. The van der Waals surface area contributed by atoms with E-state index in [0.717, 1.165) is 36.6 Å². The molecule has 158 valence electrons. The average molecular weight is 399 g/mol. The molecule has 2 aromatic rings. The first kappa shape index (κ1) is 21.5. The van der Waals surface area contributed by atoms with Gasteiger partial charge in [0.15, 0.2) is 0 Å². The number of nitrogens with one attached hydrogen (secondary N) is 1. The smallest absolute Gasteiger partial charge is 0.225 e. The lowest BCUT2D eigenvalue weighted by atomic mass is 9.95. The van der Waals surface area contributed by atoms with Gasteiger partial charge in [-0.3, -0.25) is 0 Å². The predicted octanol–water partition coefficient (Wildman–Crippen LogP) is 3.64. The van der Waals surface area contributed by atoms with Gasteiger partial charge in [0, 0.05) is 19.2 Å². The fourth-order valence-electron chi connectivity index (χ4n) is 3.59. The van der Waals surface area contributed by atoms with Gasteiger partial charge in [0.1, 0.15) is 5.82 Å². The summed E-state index contributed by atoms with van der Waals surface area (Å²) < 4.78 is 0. The maximum absolute atomic E-state index is 9.85. The maximum atomic E-state index is 9.85. The van der Waals surface area contributed by atoms with Crippen molar-refractivity contribution in [1.82, 2.24) is 9.97 Å². The molecule has 3 rings (SSSR count). The van der Waals surface area contributed by atoms with E-state index in [1.54, 1.807) is 6.92 Å². The molecule has 1 aromatic heterocycles. The number of nitrogens with zero attached hydrogens (tertiary/aromatic N) is 3. The molecule has 0 saturated carbocycles. The van der Waals surface area contributed by atoms with Crippen molar-refractivity contribution in [2.24, 2.45) is 5.92 Å². The van der Waals surface area contributed by atoms with Crippen LogP contribution in [0.25, 0.3) is 0 Å². The second kappa shape index (κ2) is 9.09. The largest absolute Gasteiger partial charge is 0.394 e. The van der Waals surface area contributed by atoms with E-state index in [0.29, 0.717) is 5.95 Å². The molecular formula is C23H34N4O2. The van der Waals surface area contributed by atoms with Crippen molar-refractivity contribution in [2.45, 2.75) is 65.6 Å². The number of hydrogen-bond acceptors (Lipinski definition) is 6. The first-order valence-electron chi connectivity index (χ1n) is 10.6. The number of aliphatic hydroxyl groups is 2. The highest BCUT2D eigenvalue weighted by molar-refractivity contribution is 5.49. The van der Waals surface area contributed by atoms with Gasteiger partial charge in [0.05, 0.1) is 24.4 Å². The molecule has 1 aliphatic heterocycles. The number of aliphatic hydroxyl groups excluding tert-OH is 2. The van der Waals surface area contributed by atoms with Crippen molar-refractivity contribution < 1.29 is 10.2 Å². The predicted molar refractivity (Wildman–Crippen MR) is 117 cm³/mol. The molecule has 1 aromatic carbocycles. The fourth-order valence-corrected chi connectivity index (χ4v) is 3.59. The minimum Gasteiger partial charge on any atom is -0.394 e. The summed E-state index contributed by atoms with van der Waals surface area (Å²) in [6, 6.07) is 8.25. The number of fused-ring (bicyclic) bond motifs is 1. The number of rotatable bonds is 7. The van der Waals surface area contributed by atoms with Gasteiger partial charge in [-0.15, -0.1) is 0 Å². The lowest BCUT2D eigenvalue weighted by Gasteiger charge is -2.31. The monoisotopic (exact) mass is 398 g/mol. The highest BCUT2D eigenvalue weighted by Gasteiger charge is 2.21. The fraction of sp³-hybridized carbons (Fsp3) is 0.565. The van der Waals surface area contributed by atoms with Gasteiger partial charge in [-0.05, 0) is 41.9 Å². The van der Waals surface area contributed by atoms with Crippen LogP contribution in [-0.4, -0.2) is 39.4 Å². The third kappa shape index (κ3) is 5.06. The zero-order chi connectivity index (χ0) is 21.1. The minimum atomic E-state index is -0.442. The number of aromatic nitrogens is 2. The van der Waals surface area contributed by atoms with Gasteiger partial charge < -0.3 is 20.4 Å². The Morgan fingerprint density at radius 2 is 1.83 bits per heavy atom. The molecule has 6 nitrogen and oxygen atoms in total. The van der Waals surface area contributed by atoms with Crippen LogP contribution in [-0.2, 0) is 13.0 Å². The molecule has 6 heteroatoms. The van der Waals surface area contributed by atoms with E-state index in [1.807, 2.05) is 6.07 Å². The molecule has 0 bridgehead atoms. The topological polar surface area (TPSA) is 81.5 Å². The van der Waals surface area contributed by atoms with Crippen LogP contribution < -0.4 is 10.2 Å². The maximum Gasteiger partial charge on any atom is 0.225 e. The molecule has 0 unspecified atom stereocenters. The van der Waals surface area contributed by atoms with E-state index < -0.39 is 6.10 Å². The molecule has 2 atom stereocenters. The summed E-state index contributed by atoms with van der Waals surface area (Å²) in [5.74, 6) is 2.06. The van der Waals surface area contributed by atoms with E-state index in [9.17, 15) is 10.2 Å². The summed E-state index contributed by atoms with van der Waals surface area (Å²) in [5, 5.41) is 22.8. The van der Waals surface area contributed by atoms with Crippen LogP contribution in [0.5, 0.6) is 0 Å². The van der Waals surface area contributed by atoms with Gasteiger partial charge in [-0.1, -0.05) is 45.9 Å². The van der Waals surface area contributed by atoms with E-state index in [2.05, 4.69) is 61.1 Å². The Bertz CT molecular complexity index is 836. The van der Waals surface area contributed by atoms with Crippen LogP contribution in [0.4, 0.5) is 11.8 Å². The third-order valence-corrected chi connectivity index (χ3v) is 5.69. The van der Waals surface area contributed by atoms with Crippen molar-refractivity contribution in [3.8, 4) is 0 Å². The quantitative estimate of drug-likeness (QED) is 0.661. The van der Waals surface area contributed by atoms with Crippen LogP contribution in [0.15, 0.2) is 24.3 Å². The standard InChI is InChI=1S/C23H34N4O2/c1-14(2)20-11-22(26-23(24-20)25-21(13-28)15(3)4)27-9-8-18-10-17(16(5)29)6-7-19(18)12-27/h6-7,10-11,14-16,21,28-29H,8-9,12-13H2,1-5H3,(H,24,25,26)/t16-,21+/m0/s1. The number of anilines is 2.